The van der Waals surface area contributed by atoms with Gasteiger partial charge in [-0.3, -0.25) is 0 Å². The highest BCUT2D eigenvalue weighted by molar-refractivity contribution is 5.90. The summed E-state index contributed by atoms with van der Waals surface area (Å²) >= 11 is 0. The summed E-state index contributed by atoms with van der Waals surface area (Å²) in [5.41, 5.74) is 7.61. The van der Waals surface area contributed by atoms with Crippen molar-refractivity contribution in [2.75, 3.05) is 19.1 Å². The van der Waals surface area contributed by atoms with Crippen LogP contribution in [0.25, 0.3) is 22.3 Å². The molecule has 46 heavy (non-hydrogen) atoms. The Morgan fingerprint density at radius 2 is 1.43 bits per heavy atom. The molecule has 0 saturated heterocycles. The summed E-state index contributed by atoms with van der Waals surface area (Å²) in [5, 5.41) is 4.29. The predicted molar refractivity (Wildman–Crippen MR) is 178 cm³/mol. The van der Waals surface area contributed by atoms with Gasteiger partial charge in [-0.1, -0.05) is 36.3 Å². The second-order valence-corrected chi connectivity index (χ2v) is 11.4. The Hall–Kier alpha value is -5.18. The Morgan fingerprint density at radius 1 is 0.826 bits per heavy atom. The van der Waals surface area contributed by atoms with Gasteiger partial charge in [-0.05, 0) is 85.5 Å². The van der Waals surface area contributed by atoms with Gasteiger partial charge >= 0.3 is 0 Å². The lowest BCUT2D eigenvalue weighted by Gasteiger charge is -2.26. The predicted octanol–water partition coefficient (Wildman–Crippen LogP) is 8.07. The van der Waals surface area contributed by atoms with Gasteiger partial charge < -0.3 is 23.5 Å². The van der Waals surface area contributed by atoms with Gasteiger partial charge in [0.2, 0.25) is 0 Å². The summed E-state index contributed by atoms with van der Waals surface area (Å²) in [4.78, 5) is 12.7. The molecule has 6 rings (SSSR count). The minimum Gasteiger partial charge on any atom is -0.497 e. The zero-order chi connectivity index (χ0) is 32.2. The number of ether oxygens (including phenoxy) is 2. The first-order valence-corrected chi connectivity index (χ1v) is 15.5. The van der Waals surface area contributed by atoms with Crippen LogP contribution < -0.4 is 14.4 Å². The molecule has 0 amide bonds. The molecule has 0 N–H and O–H groups in total. The van der Waals surface area contributed by atoms with Gasteiger partial charge in [0, 0.05) is 36.8 Å². The van der Waals surface area contributed by atoms with Crippen LogP contribution in [-0.2, 0) is 26.1 Å². The van der Waals surface area contributed by atoms with Crippen molar-refractivity contribution in [1.29, 1.82) is 0 Å². The van der Waals surface area contributed by atoms with Gasteiger partial charge in [-0.25, -0.2) is 14.4 Å². The normalized spacial score (nSPS) is 11.3. The lowest BCUT2D eigenvalue weighted by atomic mass is 10.1. The molecule has 8 nitrogen and oxygen atoms in total. The van der Waals surface area contributed by atoms with Gasteiger partial charge in [0.15, 0.2) is 11.6 Å². The highest BCUT2D eigenvalue weighted by Crippen LogP contribution is 2.33. The van der Waals surface area contributed by atoms with E-state index in [1.54, 1.807) is 26.4 Å². The van der Waals surface area contributed by atoms with Crippen molar-refractivity contribution in [3.63, 3.8) is 0 Å². The van der Waals surface area contributed by atoms with Crippen molar-refractivity contribution in [3.05, 3.63) is 119 Å². The fraction of sp³-hybridized carbons (Fsp3) is 0.270. The number of halogens is 1. The van der Waals surface area contributed by atoms with Crippen molar-refractivity contribution >= 4 is 16.9 Å². The monoisotopic (exact) mass is 619 g/mol. The molecule has 3 aromatic heterocycles. The molecule has 0 aliphatic carbocycles. The number of methoxy groups -OCH3 is 2. The SMILES string of the molecule is CCCc1nc2c(N(Cc3ccc(OC)cc3)Cc3ccc(OC)cc3)nc(C)c(C)c2n1Cc1cc(-c2ccc(F)cc2)no1. The van der Waals surface area contributed by atoms with Crippen LogP contribution in [0.5, 0.6) is 11.5 Å². The fourth-order valence-corrected chi connectivity index (χ4v) is 5.72. The minimum atomic E-state index is -0.287. The lowest BCUT2D eigenvalue weighted by molar-refractivity contribution is 0.378. The summed E-state index contributed by atoms with van der Waals surface area (Å²) in [6.07, 6.45) is 1.73. The average Bonchev–Trinajstić information content (AvgIpc) is 3.69. The maximum Gasteiger partial charge on any atom is 0.157 e. The maximum absolute atomic E-state index is 13.5. The van der Waals surface area contributed by atoms with E-state index in [4.69, 9.17) is 24.0 Å². The van der Waals surface area contributed by atoms with E-state index in [9.17, 15) is 4.39 Å². The number of fused-ring (bicyclic) bond motifs is 1. The molecule has 0 unspecified atom stereocenters. The van der Waals surface area contributed by atoms with Crippen molar-refractivity contribution in [1.82, 2.24) is 19.7 Å². The summed E-state index contributed by atoms with van der Waals surface area (Å²) in [6.45, 7) is 8.01. The summed E-state index contributed by atoms with van der Waals surface area (Å²) in [7, 11) is 3.35. The first-order valence-electron chi connectivity index (χ1n) is 15.5. The van der Waals surface area contributed by atoms with Crippen molar-refractivity contribution < 1.29 is 18.4 Å². The maximum atomic E-state index is 13.5. The molecule has 0 radical (unpaired) electrons. The van der Waals surface area contributed by atoms with Gasteiger partial charge in [0.25, 0.3) is 0 Å². The molecule has 6 aromatic rings. The van der Waals surface area contributed by atoms with Crippen LogP contribution in [0.1, 0.15) is 47.3 Å². The molecule has 236 valence electrons. The number of anilines is 1. The van der Waals surface area contributed by atoms with Crippen LogP contribution in [0, 0.1) is 19.7 Å². The standard InChI is InChI=1S/C37H38FN5O3/c1-6-7-34-40-35-36(43(34)23-32-20-33(41-46-32)28-12-14-29(38)15-13-28)24(2)25(3)39-37(35)42(21-26-8-16-30(44-4)17-9-26)22-27-10-18-31(45-5)19-11-27/h8-20H,6-7,21-23H2,1-5H3. The van der Waals surface area contributed by atoms with Crippen LogP contribution >= 0.6 is 0 Å². The van der Waals surface area contributed by atoms with E-state index in [-0.39, 0.29) is 5.82 Å². The third-order valence-electron chi connectivity index (χ3n) is 8.28. The molecule has 0 aliphatic rings. The van der Waals surface area contributed by atoms with Crippen molar-refractivity contribution in [3.8, 4) is 22.8 Å². The van der Waals surface area contributed by atoms with E-state index in [2.05, 4.69) is 59.7 Å². The number of nitrogens with zero attached hydrogens (tertiary/aromatic N) is 5. The molecular weight excluding hydrogens is 581 g/mol. The van der Waals surface area contributed by atoms with Crippen LogP contribution in [0.3, 0.4) is 0 Å². The van der Waals surface area contributed by atoms with Crippen molar-refractivity contribution in [2.24, 2.45) is 0 Å². The topological polar surface area (TPSA) is 78.4 Å². The number of rotatable bonds is 12. The third kappa shape index (κ3) is 6.44. The van der Waals surface area contributed by atoms with E-state index in [1.807, 2.05) is 30.3 Å². The number of hydrogen-bond donors (Lipinski definition) is 0. The van der Waals surface area contributed by atoms with Crippen LogP contribution in [0.2, 0.25) is 0 Å². The van der Waals surface area contributed by atoms with E-state index in [1.165, 1.54) is 12.1 Å². The first kappa shape index (κ1) is 30.8. The van der Waals surface area contributed by atoms with Gasteiger partial charge in [0.1, 0.15) is 34.4 Å². The Balaban J connectivity index is 1.44. The summed E-state index contributed by atoms with van der Waals surface area (Å²) in [5.74, 6) is 3.82. The number of imidazole rings is 1. The molecule has 9 heteroatoms. The second-order valence-electron chi connectivity index (χ2n) is 11.4. The Kier molecular flexibility index (Phi) is 9.01. The smallest absolute Gasteiger partial charge is 0.157 e. The zero-order valence-electron chi connectivity index (χ0n) is 26.9. The molecular formula is C37H38FN5O3. The minimum absolute atomic E-state index is 0.287. The Labute approximate surface area is 268 Å². The molecule has 0 fully saturated rings. The number of benzene rings is 3. The number of aryl methyl sites for hydroxylation is 3. The fourth-order valence-electron chi connectivity index (χ4n) is 5.72. The highest BCUT2D eigenvalue weighted by atomic mass is 19.1. The molecule has 0 atom stereocenters. The van der Waals surface area contributed by atoms with E-state index < -0.39 is 0 Å². The van der Waals surface area contributed by atoms with Crippen molar-refractivity contribution in [2.45, 2.75) is 53.2 Å². The molecule has 0 spiro atoms. The number of aromatic nitrogens is 4. The zero-order valence-corrected chi connectivity index (χ0v) is 26.9. The lowest BCUT2D eigenvalue weighted by Crippen LogP contribution is -2.24. The Bertz CT molecular complexity index is 1880. The van der Waals surface area contributed by atoms with Gasteiger partial charge in [-0.2, -0.15) is 0 Å². The van der Waals surface area contributed by atoms with Gasteiger partial charge in [0.05, 0.1) is 26.3 Å². The van der Waals surface area contributed by atoms with Crippen LogP contribution in [0.15, 0.2) is 83.4 Å². The molecule has 0 saturated carbocycles. The van der Waals surface area contributed by atoms with Crippen LogP contribution in [0.4, 0.5) is 10.2 Å². The third-order valence-corrected chi connectivity index (χ3v) is 8.28. The van der Waals surface area contributed by atoms with E-state index >= 15 is 0 Å². The van der Waals surface area contributed by atoms with Crippen LogP contribution in [-0.4, -0.2) is 33.9 Å². The quantitative estimate of drug-likeness (QED) is 0.137. The molecule has 0 aliphatic heterocycles. The number of hydrogen-bond acceptors (Lipinski definition) is 7. The number of pyridine rings is 1. The molecule has 3 aromatic carbocycles. The van der Waals surface area contributed by atoms with E-state index in [0.717, 1.165) is 75.0 Å². The Morgan fingerprint density at radius 3 is 2.00 bits per heavy atom. The summed E-state index contributed by atoms with van der Waals surface area (Å²) < 4.78 is 32.4. The summed E-state index contributed by atoms with van der Waals surface area (Å²) in [6, 6.07) is 24.5. The molecule has 0 bridgehead atoms. The molecule has 3 heterocycles. The van der Waals surface area contributed by atoms with E-state index in [0.29, 0.717) is 31.1 Å². The first-order chi connectivity index (χ1) is 22.4. The second kappa shape index (κ2) is 13.4. The highest BCUT2D eigenvalue weighted by Gasteiger charge is 2.24. The van der Waals surface area contributed by atoms with Gasteiger partial charge in [-0.15, -0.1) is 0 Å². The average molecular weight is 620 g/mol. The largest absolute Gasteiger partial charge is 0.497 e.